The smallest absolute Gasteiger partial charge is 0.334 e. The lowest BCUT2D eigenvalue weighted by molar-refractivity contribution is -0.136. The molecular weight excluding hydrogens is 427 g/mol. The van der Waals surface area contributed by atoms with Crippen LogP contribution in [0.25, 0.3) is 11.0 Å². The van der Waals surface area contributed by atoms with E-state index in [1.54, 1.807) is 24.4 Å². The van der Waals surface area contributed by atoms with Gasteiger partial charge in [0.05, 0.1) is 29.1 Å². The zero-order valence-electron chi connectivity index (χ0n) is 17.4. The molecule has 0 radical (unpaired) electrons. The summed E-state index contributed by atoms with van der Waals surface area (Å²) in [5.41, 5.74) is -2.82. The Balaban J connectivity index is 1.84. The lowest BCUT2D eigenvalue weighted by Gasteiger charge is -2.25. The number of aromatic nitrogens is 4. The second-order valence-electron chi connectivity index (χ2n) is 7.74. The van der Waals surface area contributed by atoms with Gasteiger partial charge >= 0.3 is 11.9 Å². The lowest BCUT2D eigenvalue weighted by atomic mass is 10.0. The predicted octanol–water partition coefficient (Wildman–Crippen LogP) is 1.95. The van der Waals surface area contributed by atoms with E-state index in [0.29, 0.717) is 29.6 Å². The molecule has 1 amide bonds. The number of rotatable bonds is 3. The molecule has 3 aromatic heterocycles. The van der Waals surface area contributed by atoms with Gasteiger partial charge in [0.2, 0.25) is 5.91 Å². The fourth-order valence-corrected chi connectivity index (χ4v) is 4.10. The molecule has 3 aromatic rings. The quantitative estimate of drug-likeness (QED) is 0.612. The number of halogens is 3. The van der Waals surface area contributed by atoms with Crippen molar-refractivity contribution in [3.8, 4) is 0 Å². The summed E-state index contributed by atoms with van der Waals surface area (Å²) in [6, 6.07) is 5.30. The van der Waals surface area contributed by atoms with E-state index in [-0.39, 0.29) is 23.7 Å². The van der Waals surface area contributed by atoms with Gasteiger partial charge in [-0.15, -0.1) is 0 Å². The van der Waals surface area contributed by atoms with Crippen molar-refractivity contribution in [1.82, 2.24) is 24.0 Å². The third kappa shape index (κ3) is 3.67. The van der Waals surface area contributed by atoms with Gasteiger partial charge in [0.15, 0.2) is 0 Å². The standard InChI is InChI=1S/C21H20F3N5O3/c1-27-18-17(19(31)28(2)20(27)32)13(21(22,23)24)11-14(26-18)15-7-5-9-29(15)16(30)10-12-6-3-4-8-25-12/h3-4,6,8,11,15H,5,7,9-10H2,1-2H3/t15-/m0/s1. The van der Waals surface area contributed by atoms with E-state index < -0.39 is 34.4 Å². The molecule has 1 saturated heterocycles. The lowest BCUT2D eigenvalue weighted by Crippen LogP contribution is -2.39. The van der Waals surface area contributed by atoms with E-state index in [4.69, 9.17) is 0 Å². The maximum atomic E-state index is 13.9. The van der Waals surface area contributed by atoms with Crippen molar-refractivity contribution in [2.24, 2.45) is 14.1 Å². The Bertz CT molecular complexity index is 1310. The van der Waals surface area contributed by atoms with Crippen molar-refractivity contribution in [1.29, 1.82) is 0 Å². The topological polar surface area (TPSA) is 90.1 Å². The van der Waals surface area contributed by atoms with Crippen LogP contribution in [0.5, 0.6) is 0 Å². The van der Waals surface area contributed by atoms with Crippen LogP contribution < -0.4 is 11.2 Å². The molecule has 0 bridgehead atoms. The molecule has 1 aliphatic rings. The highest BCUT2D eigenvalue weighted by Gasteiger charge is 2.38. The van der Waals surface area contributed by atoms with Crippen molar-refractivity contribution in [2.75, 3.05) is 6.54 Å². The maximum absolute atomic E-state index is 13.9. The molecule has 0 unspecified atom stereocenters. The van der Waals surface area contributed by atoms with E-state index in [0.717, 1.165) is 17.7 Å². The number of alkyl halides is 3. The second kappa shape index (κ2) is 7.88. The molecule has 0 aliphatic carbocycles. The van der Waals surface area contributed by atoms with Crippen molar-refractivity contribution in [3.63, 3.8) is 0 Å². The number of carbonyl (C=O) groups is 1. The first-order valence-corrected chi connectivity index (χ1v) is 9.97. The molecule has 1 aliphatic heterocycles. The monoisotopic (exact) mass is 447 g/mol. The van der Waals surface area contributed by atoms with E-state index in [2.05, 4.69) is 9.97 Å². The molecule has 0 spiro atoms. The van der Waals surface area contributed by atoms with Gasteiger partial charge in [0.1, 0.15) is 5.65 Å². The van der Waals surface area contributed by atoms with Crippen LogP contribution in [-0.2, 0) is 31.5 Å². The summed E-state index contributed by atoms with van der Waals surface area (Å²) >= 11 is 0. The Labute approximate surface area is 179 Å². The zero-order chi connectivity index (χ0) is 23.2. The highest BCUT2D eigenvalue weighted by molar-refractivity contribution is 5.81. The molecule has 1 atom stereocenters. The molecule has 1 fully saturated rings. The number of amides is 1. The summed E-state index contributed by atoms with van der Waals surface area (Å²) < 4.78 is 43.3. The Morgan fingerprint density at radius 2 is 1.94 bits per heavy atom. The summed E-state index contributed by atoms with van der Waals surface area (Å²) in [5.74, 6) is -0.278. The number of likely N-dealkylation sites (tertiary alicyclic amines) is 1. The SMILES string of the molecule is Cn1c(=O)c2c(C(F)(F)F)cc([C@@H]3CCCN3C(=O)Cc3ccccn3)nc2n(C)c1=O. The van der Waals surface area contributed by atoms with Gasteiger partial charge in [-0.25, -0.2) is 9.78 Å². The van der Waals surface area contributed by atoms with Crippen molar-refractivity contribution < 1.29 is 18.0 Å². The summed E-state index contributed by atoms with van der Waals surface area (Å²) in [4.78, 5) is 47.6. The first-order chi connectivity index (χ1) is 15.1. The molecule has 32 heavy (non-hydrogen) atoms. The Morgan fingerprint density at radius 1 is 1.19 bits per heavy atom. The molecular formula is C21H20F3N5O3. The van der Waals surface area contributed by atoms with Crippen LogP contribution in [0.1, 0.15) is 35.8 Å². The molecule has 4 heterocycles. The first-order valence-electron chi connectivity index (χ1n) is 9.97. The van der Waals surface area contributed by atoms with E-state index in [9.17, 15) is 27.6 Å². The van der Waals surface area contributed by atoms with Gasteiger partial charge in [-0.1, -0.05) is 6.07 Å². The van der Waals surface area contributed by atoms with Gasteiger partial charge in [0, 0.05) is 32.5 Å². The average molecular weight is 447 g/mol. The molecule has 168 valence electrons. The Hall–Kier alpha value is -3.50. The average Bonchev–Trinajstić information content (AvgIpc) is 3.25. The molecule has 8 nitrogen and oxygen atoms in total. The minimum Gasteiger partial charge on any atom is -0.334 e. The van der Waals surface area contributed by atoms with E-state index in [1.165, 1.54) is 11.9 Å². The van der Waals surface area contributed by atoms with Crippen molar-refractivity contribution >= 4 is 16.9 Å². The third-order valence-corrected chi connectivity index (χ3v) is 5.71. The Kier molecular flexibility index (Phi) is 5.35. The number of nitrogens with zero attached hydrogens (tertiary/aromatic N) is 5. The van der Waals surface area contributed by atoms with E-state index in [1.807, 2.05) is 0 Å². The predicted molar refractivity (Wildman–Crippen MR) is 109 cm³/mol. The van der Waals surface area contributed by atoms with Crippen LogP contribution in [0.3, 0.4) is 0 Å². The number of pyridine rings is 2. The molecule has 0 saturated carbocycles. The normalized spacial score (nSPS) is 16.7. The van der Waals surface area contributed by atoms with Crippen molar-refractivity contribution in [3.05, 3.63) is 68.3 Å². The first kappa shape index (κ1) is 21.7. The van der Waals surface area contributed by atoms with Gasteiger partial charge in [-0.3, -0.25) is 23.7 Å². The van der Waals surface area contributed by atoms with Crippen LogP contribution >= 0.6 is 0 Å². The van der Waals surface area contributed by atoms with Gasteiger partial charge in [0.25, 0.3) is 5.56 Å². The van der Waals surface area contributed by atoms with Crippen LogP contribution in [0, 0.1) is 0 Å². The summed E-state index contributed by atoms with van der Waals surface area (Å²) in [6.07, 6.45) is -2.26. The highest BCUT2D eigenvalue weighted by Crippen LogP contribution is 2.37. The third-order valence-electron chi connectivity index (χ3n) is 5.71. The van der Waals surface area contributed by atoms with E-state index >= 15 is 0 Å². The number of fused-ring (bicyclic) bond motifs is 1. The van der Waals surface area contributed by atoms with Crippen molar-refractivity contribution in [2.45, 2.75) is 31.5 Å². The Morgan fingerprint density at radius 3 is 2.59 bits per heavy atom. The molecule has 11 heteroatoms. The van der Waals surface area contributed by atoms with Gasteiger partial charge < -0.3 is 4.90 Å². The largest absolute Gasteiger partial charge is 0.417 e. The fraction of sp³-hybridized carbons (Fsp3) is 0.381. The summed E-state index contributed by atoms with van der Waals surface area (Å²) in [6.45, 7) is 0.368. The highest BCUT2D eigenvalue weighted by atomic mass is 19.4. The maximum Gasteiger partial charge on any atom is 0.417 e. The minimum absolute atomic E-state index is 0.0000473. The van der Waals surface area contributed by atoms with Gasteiger partial charge in [-0.2, -0.15) is 13.2 Å². The summed E-state index contributed by atoms with van der Waals surface area (Å²) in [5, 5.41) is -0.671. The van der Waals surface area contributed by atoms with Crippen LogP contribution in [-0.4, -0.2) is 36.5 Å². The number of hydrogen-bond acceptors (Lipinski definition) is 5. The molecule has 4 rings (SSSR count). The molecule has 0 N–H and O–H groups in total. The number of hydrogen-bond donors (Lipinski definition) is 0. The minimum atomic E-state index is -4.85. The summed E-state index contributed by atoms with van der Waals surface area (Å²) in [7, 11) is 2.38. The number of carbonyl (C=O) groups excluding carboxylic acids is 1. The molecule has 0 aromatic carbocycles. The fourth-order valence-electron chi connectivity index (χ4n) is 4.10. The van der Waals surface area contributed by atoms with Crippen LogP contribution in [0.2, 0.25) is 0 Å². The second-order valence-corrected chi connectivity index (χ2v) is 7.74. The van der Waals surface area contributed by atoms with Crippen LogP contribution in [0.15, 0.2) is 40.1 Å². The van der Waals surface area contributed by atoms with Gasteiger partial charge in [-0.05, 0) is 31.0 Å². The van der Waals surface area contributed by atoms with Crippen LogP contribution in [0.4, 0.5) is 13.2 Å². The number of aryl methyl sites for hydroxylation is 1. The zero-order valence-corrected chi connectivity index (χ0v) is 17.4.